The summed E-state index contributed by atoms with van der Waals surface area (Å²) in [4.78, 5) is 29.1. The first-order valence-corrected chi connectivity index (χ1v) is 7.79. The van der Waals surface area contributed by atoms with E-state index in [0.717, 1.165) is 43.4 Å². The number of carboxylic acid groups (broad SMARTS) is 1. The Morgan fingerprint density at radius 2 is 2.04 bits per heavy atom. The number of carbonyl (C=O) groups is 1. The number of nitrogens with zero attached hydrogens (tertiary/aromatic N) is 3. The highest BCUT2D eigenvalue weighted by Crippen LogP contribution is 2.12. The van der Waals surface area contributed by atoms with Crippen molar-refractivity contribution in [3.8, 4) is 0 Å². The fraction of sp³-hybridized carbons (Fsp3) is 0.438. The second-order valence-corrected chi connectivity index (χ2v) is 5.82. The van der Waals surface area contributed by atoms with Gasteiger partial charge in [-0.05, 0) is 25.0 Å². The molecule has 2 aromatic rings. The van der Waals surface area contributed by atoms with Crippen LogP contribution in [0.2, 0.25) is 0 Å². The quantitative estimate of drug-likeness (QED) is 0.883. The summed E-state index contributed by atoms with van der Waals surface area (Å²) in [5.74, 6) is 0. The second kappa shape index (κ2) is 6.78. The van der Waals surface area contributed by atoms with Gasteiger partial charge in [-0.15, -0.1) is 0 Å². The maximum Gasteiger partial charge on any atom is 0.404 e. The van der Waals surface area contributed by atoms with Crippen molar-refractivity contribution in [2.75, 3.05) is 19.6 Å². The van der Waals surface area contributed by atoms with Gasteiger partial charge in [0.05, 0.1) is 5.52 Å². The lowest BCUT2D eigenvalue weighted by molar-refractivity contribution is 0.166. The van der Waals surface area contributed by atoms with Crippen molar-refractivity contribution >= 4 is 17.0 Å². The predicted octanol–water partition coefficient (Wildman–Crippen LogP) is 1.13. The Kier molecular flexibility index (Phi) is 4.57. The molecule has 0 saturated carbocycles. The molecule has 1 fully saturated rings. The maximum atomic E-state index is 12.1. The SMILES string of the molecule is O=C(O)NC1CCN(CCn2c(=O)ccc3cnccc32)CC1. The van der Waals surface area contributed by atoms with Gasteiger partial charge in [-0.1, -0.05) is 0 Å². The molecule has 0 aliphatic carbocycles. The highest BCUT2D eigenvalue weighted by atomic mass is 16.4. The molecule has 23 heavy (non-hydrogen) atoms. The minimum atomic E-state index is -0.959. The largest absolute Gasteiger partial charge is 0.465 e. The average Bonchev–Trinajstić information content (AvgIpc) is 2.55. The molecular formula is C16H20N4O3. The van der Waals surface area contributed by atoms with Gasteiger partial charge in [0.25, 0.3) is 5.56 Å². The monoisotopic (exact) mass is 316 g/mol. The van der Waals surface area contributed by atoms with Crippen LogP contribution in [0.1, 0.15) is 12.8 Å². The molecule has 2 aromatic heterocycles. The summed E-state index contributed by atoms with van der Waals surface area (Å²) in [5, 5.41) is 12.2. The second-order valence-electron chi connectivity index (χ2n) is 5.82. The Morgan fingerprint density at radius 3 is 2.78 bits per heavy atom. The molecule has 0 atom stereocenters. The van der Waals surface area contributed by atoms with E-state index in [4.69, 9.17) is 5.11 Å². The first kappa shape index (κ1) is 15.5. The van der Waals surface area contributed by atoms with Gasteiger partial charge in [-0.2, -0.15) is 0 Å². The third-order valence-electron chi connectivity index (χ3n) is 4.35. The molecule has 7 nitrogen and oxygen atoms in total. The molecular weight excluding hydrogens is 296 g/mol. The van der Waals surface area contributed by atoms with Crippen molar-refractivity contribution in [3.05, 3.63) is 40.9 Å². The van der Waals surface area contributed by atoms with Crippen LogP contribution < -0.4 is 10.9 Å². The van der Waals surface area contributed by atoms with Crippen LogP contribution in [0.5, 0.6) is 0 Å². The maximum absolute atomic E-state index is 12.1. The zero-order valence-corrected chi connectivity index (χ0v) is 12.8. The van der Waals surface area contributed by atoms with Gasteiger partial charge in [-0.25, -0.2) is 4.79 Å². The summed E-state index contributed by atoms with van der Waals surface area (Å²) in [5.41, 5.74) is 0.890. The van der Waals surface area contributed by atoms with Gasteiger partial charge >= 0.3 is 6.09 Å². The number of hydrogen-bond donors (Lipinski definition) is 2. The normalized spacial score (nSPS) is 16.5. The van der Waals surface area contributed by atoms with Crippen LogP contribution in [0.25, 0.3) is 10.9 Å². The number of aromatic nitrogens is 2. The highest BCUT2D eigenvalue weighted by Gasteiger charge is 2.20. The van der Waals surface area contributed by atoms with Crippen molar-refractivity contribution in [1.82, 2.24) is 19.8 Å². The number of hydrogen-bond acceptors (Lipinski definition) is 4. The van der Waals surface area contributed by atoms with Gasteiger partial charge in [0.1, 0.15) is 0 Å². The van der Waals surface area contributed by atoms with Crippen molar-refractivity contribution in [2.45, 2.75) is 25.4 Å². The molecule has 2 N–H and O–H groups in total. The molecule has 1 aliphatic heterocycles. The minimum Gasteiger partial charge on any atom is -0.465 e. The van der Waals surface area contributed by atoms with E-state index in [0.29, 0.717) is 6.54 Å². The summed E-state index contributed by atoms with van der Waals surface area (Å²) in [7, 11) is 0. The third kappa shape index (κ3) is 3.68. The Labute approximate surface area is 133 Å². The first-order valence-electron chi connectivity index (χ1n) is 7.79. The van der Waals surface area contributed by atoms with Crippen molar-refractivity contribution in [2.24, 2.45) is 0 Å². The fourth-order valence-electron chi connectivity index (χ4n) is 3.09. The summed E-state index contributed by atoms with van der Waals surface area (Å²) in [6, 6.07) is 5.27. The molecule has 122 valence electrons. The molecule has 0 radical (unpaired) electrons. The van der Waals surface area contributed by atoms with Gasteiger partial charge in [0.2, 0.25) is 0 Å². The van der Waals surface area contributed by atoms with Gasteiger partial charge in [0, 0.05) is 56.1 Å². The van der Waals surface area contributed by atoms with Gasteiger partial charge in [0.15, 0.2) is 0 Å². The first-order chi connectivity index (χ1) is 11.1. The molecule has 0 aromatic carbocycles. The summed E-state index contributed by atoms with van der Waals surface area (Å²) < 4.78 is 1.78. The molecule has 1 aliphatic rings. The van der Waals surface area contributed by atoms with E-state index in [2.05, 4.69) is 15.2 Å². The van der Waals surface area contributed by atoms with Crippen LogP contribution in [0.15, 0.2) is 35.4 Å². The minimum absolute atomic E-state index is 0.00821. The van der Waals surface area contributed by atoms with Crippen LogP contribution in [-0.4, -0.2) is 51.3 Å². The van der Waals surface area contributed by atoms with E-state index in [1.807, 2.05) is 6.07 Å². The number of likely N-dealkylation sites (tertiary alicyclic amines) is 1. The van der Waals surface area contributed by atoms with E-state index in [1.54, 1.807) is 29.1 Å². The van der Waals surface area contributed by atoms with E-state index in [9.17, 15) is 9.59 Å². The van der Waals surface area contributed by atoms with Crippen LogP contribution in [0.4, 0.5) is 4.79 Å². The summed E-state index contributed by atoms with van der Waals surface area (Å²) in [6.07, 6.45) is 4.11. The van der Waals surface area contributed by atoms with E-state index in [1.165, 1.54) is 0 Å². The number of nitrogens with one attached hydrogen (secondary N) is 1. The Morgan fingerprint density at radius 1 is 1.26 bits per heavy atom. The van der Waals surface area contributed by atoms with Crippen molar-refractivity contribution < 1.29 is 9.90 Å². The molecule has 7 heteroatoms. The predicted molar refractivity (Wildman–Crippen MR) is 86.6 cm³/mol. The summed E-state index contributed by atoms with van der Waals surface area (Å²) in [6.45, 7) is 3.08. The molecule has 0 spiro atoms. The van der Waals surface area contributed by atoms with Crippen molar-refractivity contribution in [1.29, 1.82) is 0 Å². The molecule has 3 rings (SSSR count). The topological polar surface area (TPSA) is 87.5 Å². The fourth-order valence-corrected chi connectivity index (χ4v) is 3.09. The van der Waals surface area contributed by atoms with Crippen LogP contribution in [0.3, 0.4) is 0 Å². The highest BCUT2D eigenvalue weighted by molar-refractivity contribution is 5.77. The zero-order valence-electron chi connectivity index (χ0n) is 12.8. The van der Waals surface area contributed by atoms with Gasteiger partial charge in [-0.3, -0.25) is 9.78 Å². The molecule has 0 unspecified atom stereocenters. The molecule has 1 saturated heterocycles. The molecule has 0 bridgehead atoms. The number of amides is 1. The zero-order chi connectivity index (χ0) is 16.2. The summed E-state index contributed by atoms with van der Waals surface area (Å²) >= 11 is 0. The smallest absolute Gasteiger partial charge is 0.404 e. The number of fused-ring (bicyclic) bond motifs is 1. The lowest BCUT2D eigenvalue weighted by Crippen LogP contribution is -2.45. The number of pyridine rings is 2. The van der Waals surface area contributed by atoms with Gasteiger partial charge < -0.3 is 19.9 Å². The van der Waals surface area contributed by atoms with Crippen LogP contribution >= 0.6 is 0 Å². The Balaban J connectivity index is 1.63. The number of piperidine rings is 1. The van der Waals surface area contributed by atoms with Crippen LogP contribution in [0, 0.1) is 0 Å². The molecule has 1 amide bonds. The van der Waals surface area contributed by atoms with Crippen molar-refractivity contribution in [3.63, 3.8) is 0 Å². The number of rotatable bonds is 4. The lowest BCUT2D eigenvalue weighted by atomic mass is 10.1. The average molecular weight is 316 g/mol. The van der Waals surface area contributed by atoms with E-state index >= 15 is 0 Å². The Hall–Kier alpha value is -2.41. The Bertz CT molecular complexity index is 750. The van der Waals surface area contributed by atoms with Crippen LogP contribution in [-0.2, 0) is 6.54 Å². The standard InChI is InChI=1S/C16H20N4O3/c21-15-2-1-12-11-17-6-3-14(12)20(15)10-9-19-7-4-13(5-8-19)18-16(22)23/h1-3,6,11,13,18H,4-5,7-10H2,(H,22,23). The van der Waals surface area contributed by atoms with E-state index < -0.39 is 6.09 Å². The molecule has 3 heterocycles. The third-order valence-corrected chi connectivity index (χ3v) is 4.35. The lowest BCUT2D eigenvalue weighted by Gasteiger charge is -2.31. The van der Waals surface area contributed by atoms with E-state index in [-0.39, 0.29) is 11.6 Å².